The van der Waals surface area contributed by atoms with Crippen molar-refractivity contribution in [2.45, 2.75) is 0 Å². The van der Waals surface area contributed by atoms with E-state index in [4.69, 9.17) is 20.3 Å². The number of nitrogen functional groups attached to an aromatic ring is 1. The van der Waals surface area contributed by atoms with Crippen LogP contribution in [-0.4, -0.2) is 55.8 Å². The summed E-state index contributed by atoms with van der Waals surface area (Å²) in [5.74, 6) is -1.02. The molecule has 110 valence electrons. The molecule has 1 amide bonds. The predicted octanol–water partition coefficient (Wildman–Crippen LogP) is 0.451. The summed E-state index contributed by atoms with van der Waals surface area (Å²) in [6, 6.07) is 4.62. The van der Waals surface area contributed by atoms with Crippen LogP contribution in [-0.2, 0) is 9.53 Å². The minimum atomic E-state index is -1.10. The molecule has 0 aliphatic heterocycles. The summed E-state index contributed by atoms with van der Waals surface area (Å²) in [6.45, 7) is 0.00977. The van der Waals surface area contributed by atoms with E-state index in [2.05, 4.69) is 0 Å². The van der Waals surface area contributed by atoms with Crippen molar-refractivity contribution in [2.24, 2.45) is 0 Å². The van der Waals surface area contributed by atoms with Gasteiger partial charge in [0.2, 0.25) is 0 Å². The predicted molar refractivity (Wildman–Crippen MR) is 72.8 cm³/mol. The van der Waals surface area contributed by atoms with Gasteiger partial charge in [0, 0.05) is 25.4 Å². The Balaban J connectivity index is 2.95. The Bertz CT molecular complexity index is 490. The lowest BCUT2D eigenvalue weighted by atomic mass is 10.1. The smallest absolute Gasteiger partial charge is 0.323 e. The highest BCUT2D eigenvalue weighted by atomic mass is 16.5. The van der Waals surface area contributed by atoms with E-state index < -0.39 is 18.4 Å². The van der Waals surface area contributed by atoms with Gasteiger partial charge in [-0.25, -0.2) is 0 Å². The molecular weight excluding hydrogens is 264 g/mol. The van der Waals surface area contributed by atoms with E-state index in [9.17, 15) is 9.59 Å². The summed E-state index contributed by atoms with van der Waals surface area (Å²) in [4.78, 5) is 24.3. The molecule has 0 aromatic heterocycles. The lowest BCUT2D eigenvalue weighted by Gasteiger charge is -2.21. The van der Waals surface area contributed by atoms with E-state index >= 15 is 0 Å². The van der Waals surface area contributed by atoms with Crippen molar-refractivity contribution in [2.75, 3.05) is 39.6 Å². The molecule has 0 heterocycles. The first-order valence-corrected chi connectivity index (χ1v) is 5.93. The maximum atomic E-state index is 12.3. The Hall–Kier alpha value is -2.28. The van der Waals surface area contributed by atoms with Crippen LogP contribution < -0.4 is 10.5 Å². The summed E-state index contributed by atoms with van der Waals surface area (Å²) in [6.07, 6.45) is 0. The number of carbonyl (C=O) groups excluding carboxylic acids is 1. The average molecular weight is 282 g/mol. The fourth-order valence-corrected chi connectivity index (χ4v) is 1.65. The first-order chi connectivity index (χ1) is 9.49. The van der Waals surface area contributed by atoms with E-state index in [1.165, 1.54) is 31.3 Å². The van der Waals surface area contributed by atoms with Crippen molar-refractivity contribution >= 4 is 17.6 Å². The van der Waals surface area contributed by atoms with Gasteiger partial charge in [-0.1, -0.05) is 0 Å². The standard InChI is InChI=1S/C13H18N2O5/c1-19-6-5-15(8-12(16)17)13(18)10-4-3-9(20-2)7-11(10)14/h3-4,7H,5-6,8,14H2,1-2H3,(H,16,17). The van der Waals surface area contributed by atoms with E-state index in [1.807, 2.05) is 0 Å². The summed E-state index contributed by atoms with van der Waals surface area (Å²) in [5.41, 5.74) is 6.27. The maximum Gasteiger partial charge on any atom is 0.323 e. The van der Waals surface area contributed by atoms with Gasteiger partial charge < -0.3 is 25.2 Å². The molecule has 0 spiro atoms. The van der Waals surface area contributed by atoms with Gasteiger partial charge in [-0.3, -0.25) is 9.59 Å². The van der Waals surface area contributed by atoms with E-state index in [0.717, 1.165) is 0 Å². The van der Waals surface area contributed by atoms with Crippen molar-refractivity contribution in [1.29, 1.82) is 0 Å². The number of nitrogens with zero attached hydrogens (tertiary/aromatic N) is 1. The van der Waals surface area contributed by atoms with Gasteiger partial charge in [-0.05, 0) is 12.1 Å². The highest BCUT2D eigenvalue weighted by molar-refractivity contribution is 6.00. The topological polar surface area (TPSA) is 102 Å². The van der Waals surface area contributed by atoms with Crippen LogP contribution in [0.25, 0.3) is 0 Å². The maximum absolute atomic E-state index is 12.3. The molecule has 7 heteroatoms. The summed E-state index contributed by atoms with van der Waals surface area (Å²) in [5, 5.41) is 8.84. The average Bonchev–Trinajstić information content (AvgIpc) is 2.42. The number of hydrogen-bond donors (Lipinski definition) is 2. The minimum Gasteiger partial charge on any atom is -0.497 e. The lowest BCUT2D eigenvalue weighted by Crippen LogP contribution is -2.38. The van der Waals surface area contributed by atoms with Gasteiger partial charge in [-0.15, -0.1) is 0 Å². The zero-order chi connectivity index (χ0) is 15.1. The number of amides is 1. The lowest BCUT2D eigenvalue weighted by molar-refractivity contribution is -0.137. The molecular formula is C13H18N2O5. The van der Waals surface area contributed by atoms with Gasteiger partial charge >= 0.3 is 5.97 Å². The third-order valence-corrected chi connectivity index (χ3v) is 2.67. The fraction of sp³-hybridized carbons (Fsp3) is 0.385. The van der Waals surface area contributed by atoms with Gasteiger partial charge in [-0.2, -0.15) is 0 Å². The number of aliphatic carboxylic acids is 1. The Morgan fingerprint density at radius 3 is 2.55 bits per heavy atom. The number of carboxylic acids is 1. The molecule has 0 bridgehead atoms. The summed E-state index contributed by atoms with van der Waals surface area (Å²) in [7, 11) is 2.97. The fourth-order valence-electron chi connectivity index (χ4n) is 1.65. The molecule has 0 saturated carbocycles. The minimum absolute atomic E-state index is 0.174. The SMILES string of the molecule is COCCN(CC(=O)O)C(=O)c1ccc(OC)cc1N. The number of carboxylic acid groups (broad SMARTS) is 1. The van der Waals surface area contributed by atoms with Crippen molar-refractivity contribution in [1.82, 2.24) is 4.90 Å². The highest BCUT2D eigenvalue weighted by Gasteiger charge is 2.20. The third kappa shape index (κ3) is 4.13. The molecule has 0 atom stereocenters. The molecule has 1 aromatic rings. The second kappa shape index (κ2) is 7.34. The first kappa shape index (κ1) is 15.8. The normalized spacial score (nSPS) is 10.1. The molecule has 7 nitrogen and oxygen atoms in total. The van der Waals surface area contributed by atoms with Gasteiger partial charge in [0.15, 0.2) is 0 Å². The quantitative estimate of drug-likeness (QED) is 0.704. The number of methoxy groups -OCH3 is 2. The Labute approximate surface area is 116 Å². The Kier molecular flexibility index (Phi) is 5.79. The molecule has 0 aliphatic carbocycles. The first-order valence-electron chi connectivity index (χ1n) is 5.93. The summed E-state index contributed by atoms with van der Waals surface area (Å²) < 4.78 is 9.87. The Morgan fingerprint density at radius 1 is 1.35 bits per heavy atom. The number of benzene rings is 1. The molecule has 0 unspecified atom stereocenters. The zero-order valence-corrected chi connectivity index (χ0v) is 11.5. The van der Waals surface area contributed by atoms with Gasteiger partial charge in [0.05, 0.1) is 19.3 Å². The monoisotopic (exact) mass is 282 g/mol. The van der Waals surface area contributed by atoms with Crippen LogP contribution in [0.1, 0.15) is 10.4 Å². The number of nitrogens with two attached hydrogens (primary N) is 1. The largest absolute Gasteiger partial charge is 0.497 e. The molecule has 0 radical (unpaired) electrons. The van der Waals surface area contributed by atoms with Crippen molar-refractivity contribution in [3.63, 3.8) is 0 Å². The number of carbonyl (C=O) groups is 2. The molecule has 0 aliphatic rings. The second-order valence-electron chi connectivity index (χ2n) is 4.07. The van der Waals surface area contributed by atoms with Gasteiger partial charge in [0.1, 0.15) is 12.3 Å². The number of hydrogen-bond acceptors (Lipinski definition) is 5. The van der Waals surface area contributed by atoms with Crippen LogP contribution in [0.4, 0.5) is 5.69 Å². The third-order valence-electron chi connectivity index (χ3n) is 2.67. The van der Waals surface area contributed by atoms with E-state index in [-0.39, 0.29) is 24.4 Å². The second-order valence-corrected chi connectivity index (χ2v) is 4.07. The van der Waals surface area contributed by atoms with Crippen LogP contribution >= 0.6 is 0 Å². The van der Waals surface area contributed by atoms with Crippen molar-refractivity contribution < 1.29 is 24.2 Å². The van der Waals surface area contributed by atoms with Crippen molar-refractivity contribution in [3.8, 4) is 5.75 Å². The number of rotatable bonds is 7. The number of ether oxygens (including phenoxy) is 2. The zero-order valence-electron chi connectivity index (χ0n) is 11.5. The van der Waals surface area contributed by atoms with Crippen LogP contribution in [0.5, 0.6) is 5.75 Å². The molecule has 0 fully saturated rings. The van der Waals surface area contributed by atoms with E-state index in [1.54, 1.807) is 6.07 Å². The van der Waals surface area contributed by atoms with Crippen LogP contribution in [0.15, 0.2) is 18.2 Å². The highest BCUT2D eigenvalue weighted by Crippen LogP contribution is 2.21. The molecule has 1 rings (SSSR count). The van der Waals surface area contributed by atoms with Gasteiger partial charge in [0.25, 0.3) is 5.91 Å². The molecule has 1 aromatic carbocycles. The Morgan fingerprint density at radius 2 is 2.05 bits per heavy atom. The van der Waals surface area contributed by atoms with Crippen molar-refractivity contribution in [3.05, 3.63) is 23.8 Å². The summed E-state index contributed by atoms with van der Waals surface area (Å²) >= 11 is 0. The molecule has 20 heavy (non-hydrogen) atoms. The molecule has 0 saturated heterocycles. The van der Waals surface area contributed by atoms with E-state index in [0.29, 0.717) is 5.75 Å². The number of anilines is 1. The van der Waals surface area contributed by atoms with Crippen LogP contribution in [0.3, 0.4) is 0 Å². The van der Waals surface area contributed by atoms with Crippen LogP contribution in [0, 0.1) is 0 Å². The molecule has 3 N–H and O–H groups in total. The van der Waals surface area contributed by atoms with Crippen LogP contribution in [0.2, 0.25) is 0 Å².